The Morgan fingerprint density at radius 2 is 1.97 bits per heavy atom. The second kappa shape index (κ2) is 6.15. The van der Waals surface area contributed by atoms with E-state index < -0.39 is 0 Å². The first-order valence-corrected chi connectivity index (χ1v) is 9.65. The van der Waals surface area contributed by atoms with E-state index in [1.807, 2.05) is 24.6 Å². The fourth-order valence-electron chi connectivity index (χ4n) is 4.19. The molecule has 0 radical (unpaired) electrons. The molecule has 0 fully saturated rings. The molecule has 9 nitrogen and oxygen atoms in total. The van der Waals surface area contributed by atoms with E-state index in [9.17, 15) is 4.39 Å². The maximum absolute atomic E-state index is 14.7. The van der Waals surface area contributed by atoms with Gasteiger partial charge in [-0.1, -0.05) is 0 Å². The summed E-state index contributed by atoms with van der Waals surface area (Å²) in [5.74, 6) is 3.14. The minimum Gasteiger partial charge on any atom is -0.493 e. The second-order valence-corrected chi connectivity index (χ2v) is 7.54. The van der Waals surface area contributed by atoms with Crippen LogP contribution < -0.4 is 14.8 Å². The summed E-state index contributed by atoms with van der Waals surface area (Å²) in [4.78, 5) is 0. The number of hydrogen-bond donors (Lipinski definition) is 1. The van der Waals surface area contributed by atoms with Crippen LogP contribution in [0.2, 0.25) is 0 Å². The Kier molecular flexibility index (Phi) is 3.53. The number of benzene rings is 1. The number of rotatable bonds is 1. The third-order valence-electron chi connectivity index (χ3n) is 5.85. The van der Waals surface area contributed by atoms with Crippen molar-refractivity contribution < 1.29 is 13.9 Å². The third kappa shape index (κ3) is 2.33. The molecule has 1 atom stereocenters. The van der Waals surface area contributed by atoms with Crippen LogP contribution in [0.15, 0.2) is 24.5 Å². The molecule has 10 heteroatoms. The van der Waals surface area contributed by atoms with Crippen LogP contribution in [0.1, 0.15) is 22.9 Å². The highest BCUT2D eigenvalue weighted by Gasteiger charge is 2.32. The van der Waals surface area contributed by atoms with Crippen LogP contribution in [0.5, 0.6) is 11.5 Å². The first kappa shape index (κ1) is 17.2. The van der Waals surface area contributed by atoms with Crippen molar-refractivity contribution in [3.63, 3.8) is 0 Å². The molecule has 0 amide bonds. The number of nitrogens with one attached hydrogen (secondary N) is 1. The summed E-state index contributed by atoms with van der Waals surface area (Å²) >= 11 is 0. The average Bonchev–Trinajstić information content (AvgIpc) is 3.46. The minimum absolute atomic E-state index is 0.0458. The van der Waals surface area contributed by atoms with Gasteiger partial charge in [0.05, 0.1) is 24.7 Å². The molecule has 1 aromatic carbocycles. The van der Waals surface area contributed by atoms with Crippen molar-refractivity contribution in [3.8, 4) is 22.9 Å². The van der Waals surface area contributed by atoms with Crippen molar-refractivity contribution in [1.82, 2.24) is 29.4 Å². The van der Waals surface area contributed by atoms with E-state index in [1.165, 1.54) is 6.07 Å². The molecular formula is C20H18FN7O2. The van der Waals surface area contributed by atoms with Gasteiger partial charge in [-0.15, -0.1) is 20.4 Å². The number of anilines is 1. The molecule has 0 aliphatic carbocycles. The van der Waals surface area contributed by atoms with Crippen molar-refractivity contribution in [3.05, 3.63) is 47.3 Å². The Hall–Kier alpha value is -3.69. The van der Waals surface area contributed by atoms with E-state index in [-0.39, 0.29) is 11.7 Å². The molecule has 3 aromatic heterocycles. The van der Waals surface area contributed by atoms with Gasteiger partial charge >= 0.3 is 0 Å². The Labute approximate surface area is 170 Å². The molecule has 6 rings (SSSR count). The van der Waals surface area contributed by atoms with E-state index in [0.29, 0.717) is 48.4 Å². The van der Waals surface area contributed by atoms with Gasteiger partial charge < -0.3 is 19.4 Å². The Bertz CT molecular complexity index is 1310. The predicted molar refractivity (Wildman–Crippen MR) is 105 cm³/mol. The molecule has 0 spiro atoms. The standard InChI is InChI=1S/C20H18FN7O2/c1-10-24-26-18(27(10)2)12-5-16-20(28-9-23-25-19(12)28)22-6-13-14(21)3-4-15-17(13)11(7-29-15)8-30-16/h3-5,9,11,22H,6-8H2,1-2H3/t11-/m1/s1. The third-order valence-corrected chi connectivity index (χ3v) is 5.85. The number of pyridine rings is 1. The SMILES string of the molecule is Cc1nnc(-c2cc3c(n4cnnc24)NCc2c(F)ccc4c2[C@H](CO4)CO3)n1C. The summed E-state index contributed by atoms with van der Waals surface area (Å²) in [6.07, 6.45) is 1.61. The zero-order valence-electron chi connectivity index (χ0n) is 16.4. The smallest absolute Gasteiger partial charge is 0.173 e. The van der Waals surface area contributed by atoms with Gasteiger partial charge in [0.15, 0.2) is 23.0 Å². The quantitative estimate of drug-likeness (QED) is 0.518. The highest BCUT2D eigenvalue weighted by Crippen LogP contribution is 2.41. The summed E-state index contributed by atoms with van der Waals surface area (Å²) in [7, 11) is 1.90. The molecule has 2 aliphatic heterocycles. The van der Waals surface area contributed by atoms with E-state index in [0.717, 1.165) is 22.7 Å². The molecule has 0 saturated heterocycles. The number of halogens is 1. The van der Waals surface area contributed by atoms with Crippen LogP contribution in [-0.4, -0.2) is 42.6 Å². The number of fused-ring (bicyclic) bond motifs is 3. The topological polar surface area (TPSA) is 91.4 Å². The van der Waals surface area contributed by atoms with E-state index in [2.05, 4.69) is 25.7 Å². The molecule has 2 aliphatic rings. The normalized spacial score (nSPS) is 17.2. The number of aromatic nitrogens is 6. The van der Waals surface area contributed by atoms with Crippen LogP contribution in [0.4, 0.5) is 10.2 Å². The zero-order valence-corrected chi connectivity index (χ0v) is 16.4. The molecule has 0 saturated carbocycles. The van der Waals surface area contributed by atoms with Crippen molar-refractivity contribution in [1.29, 1.82) is 0 Å². The van der Waals surface area contributed by atoms with Gasteiger partial charge in [-0.3, -0.25) is 4.40 Å². The lowest BCUT2D eigenvalue weighted by molar-refractivity contribution is 0.249. The summed E-state index contributed by atoms with van der Waals surface area (Å²) in [5, 5.41) is 20.1. The van der Waals surface area contributed by atoms with E-state index in [1.54, 1.807) is 16.8 Å². The zero-order chi connectivity index (χ0) is 20.4. The number of hydrogen-bond acceptors (Lipinski definition) is 7. The molecule has 30 heavy (non-hydrogen) atoms. The average molecular weight is 407 g/mol. The molecule has 1 N–H and O–H groups in total. The van der Waals surface area contributed by atoms with Crippen molar-refractivity contribution in [2.45, 2.75) is 19.4 Å². The fourth-order valence-corrected chi connectivity index (χ4v) is 4.19. The highest BCUT2D eigenvalue weighted by molar-refractivity contribution is 5.78. The number of aryl methyl sites for hydroxylation is 1. The lowest BCUT2D eigenvalue weighted by Crippen LogP contribution is -2.13. The molecule has 0 bridgehead atoms. The summed E-state index contributed by atoms with van der Waals surface area (Å²) in [6, 6.07) is 5.02. The van der Waals surface area contributed by atoms with Gasteiger partial charge in [-0.05, 0) is 25.1 Å². The van der Waals surface area contributed by atoms with Crippen LogP contribution in [0.25, 0.3) is 17.0 Å². The summed E-state index contributed by atoms with van der Waals surface area (Å²) < 4.78 is 30.4. The highest BCUT2D eigenvalue weighted by atomic mass is 19.1. The fraction of sp³-hybridized carbons (Fsp3) is 0.300. The van der Waals surface area contributed by atoms with Crippen LogP contribution in [0.3, 0.4) is 0 Å². The van der Waals surface area contributed by atoms with Crippen LogP contribution in [0, 0.1) is 12.7 Å². The minimum atomic E-state index is -0.258. The Balaban J connectivity index is 1.53. The first-order valence-electron chi connectivity index (χ1n) is 9.65. The van der Waals surface area contributed by atoms with Gasteiger partial charge in [-0.2, -0.15) is 0 Å². The van der Waals surface area contributed by atoms with Crippen molar-refractivity contribution >= 4 is 11.5 Å². The maximum atomic E-state index is 14.7. The maximum Gasteiger partial charge on any atom is 0.173 e. The molecular weight excluding hydrogens is 389 g/mol. The van der Waals surface area contributed by atoms with Crippen molar-refractivity contribution in [2.24, 2.45) is 7.05 Å². The monoisotopic (exact) mass is 407 g/mol. The second-order valence-electron chi connectivity index (χ2n) is 7.54. The lowest BCUT2D eigenvalue weighted by atomic mass is 9.96. The number of nitrogens with zero attached hydrogens (tertiary/aromatic N) is 6. The number of ether oxygens (including phenoxy) is 2. The van der Waals surface area contributed by atoms with Crippen molar-refractivity contribution in [2.75, 3.05) is 18.5 Å². The molecule has 152 valence electrons. The van der Waals surface area contributed by atoms with E-state index in [4.69, 9.17) is 9.47 Å². The first-order chi connectivity index (χ1) is 14.6. The van der Waals surface area contributed by atoms with Crippen LogP contribution in [-0.2, 0) is 13.6 Å². The summed E-state index contributed by atoms with van der Waals surface area (Å²) in [5.41, 5.74) is 2.84. The lowest BCUT2D eigenvalue weighted by Gasteiger charge is -2.16. The Morgan fingerprint density at radius 1 is 1.13 bits per heavy atom. The van der Waals surface area contributed by atoms with Gasteiger partial charge in [0, 0.05) is 24.7 Å². The Morgan fingerprint density at radius 3 is 2.77 bits per heavy atom. The molecule has 4 aromatic rings. The van der Waals surface area contributed by atoms with Gasteiger partial charge in [0.2, 0.25) is 0 Å². The summed E-state index contributed by atoms with van der Waals surface area (Å²) in [6.45, 7) is 3.01. The predicted octanol–water partition coefficient (Wildman–Crippen LogP) is 2.45. The van der Waals surface area contributed by atoms with Gasteiger partial charge in [-0.25, -0.2) is 4.39 Å². The van der Waals surface area contributed by atoms with Crippen LogP contribution >= 0.6 is 0 Å². The molecule has 5 heterocycles. The van der Waals surface area contributed by atoms with Gasteiger partial charge in [0.25, 0.3) is 0 Å². The van der Waals surface area contributed by atoms with E-state index >= 15 is 0 Å². The van der Waals surface area contributed by atoms with Gasteiger partial charge in [0.1, 0.15) is 23.7 Å². The largest absolute Gasteiger partial charge is 0.493 e. The molecule has 0 unspecified atom stereocenters.